The lowest BCUT2D eigenvalue weighted by molar-refractivity contribution is -0.288. The first kappa shape index (κ1) is 42.8. The predicted molar refractivity (Wildman–Crippen MR) is 231 cm³/mol. The van der Waals surface area contributed by atoms with Gasteiger partial charge < -0.3 is 48.6 Å². The number of aromatic nitrogens is 2. The van der Waals surface area contributed by atoms with Gasteiger partial charge in [-0.05, 0) is 54.3 Å². The maximum atomic E-state index is 14.7. The number of nitrogens with zero attached hydrogens (tertiary/aromatic N) is 1. The molecular weight excluding hydrogens is 836 g/mol. The average Bonchev–Trinajstić information content (AvgIpc) is 3.97. The number of hydrogen-bond acceptors (Lipinski definition) is 12. The minimum absolute atomic E-state index is 0.193. The van der Waals surface area contributed by atoms with Crippen molar-refractivity contribution in [2.45, 2.75) is 76.6 Å². The number of carbonyl (C=O) groups is 6. The van der Waals surface area contributed by atoms with E-state index in [1.54, 1.807) is 47.4 Å². The third-order valence-corrected chi connectivity index (χ3v) is 11.2. The van der Waals surface area contributed by atoms with Crippen molar-refractivity contribution in [3.8, 4) is 5.75 Å². The number of amides is 2. The second-order valence-corrected chi connectivity index (χ2v) is 16.1. The van der Waals surface area contributed by atoms with E-state index in [9.17, 15) is 28.8 Å². The number of halogens is 1. The van der Waals surface area contributed by atoms with E-state index in [1.165, 1.54) is 6.92 Å². The molecule has 16 nitrogen and oxygen atoms in total. The molecule has 8 rings (SSSR count). The highest BCUT2D eigenvalue weighted by Gasteiger charge is 2.53. The predicted octanol–water partition coefficient (Wildman–Crippen LogP) is 6.89. The van der Waals surface area contributed by atoms with E-state index in [4.69, 9.17) is 40.0 Å². The minimum Gasteiger partial charge on any atom is -0.463 e. The van der Waals surface area contributed by atoms with Gasteiger partial charge in [0.25, 0.3) is 11.8 Å². The molecule has 0 aliphatic carbocycles. The van der Waals surface area contributed by atoms with E-state index in [2.05, 4.69) is 15.3 Å². The fraction of sp³-hybridized carbons (Fsp3) is 0.304. The van der Waals surface area contributed by atoms with Crippen LogP contribution in [0, 0.1) is 0 Å². The molecule has 17 heteroatoms. The summed E-state index contributed by atoms with van der Waals surface area (Å²) < 4.78 is 34.9. The first-order valence-electron chi connectivity index (χ1n) is 20.2. The Morgan fingerprint density at radius 2 is 1.38 bits per heavy atom. The SMILES string of the molecule is CC(=O)OC[C@H]1O[C@@H](Oc2cc3c(c4ccccc24)C(C(C)Cl)CN3C(=O)c2cc3cc(NC(=O)c4cc5ccccc5[nH]4)ccc3[nH]2)[C@@H](OC(C)=O)[C@@H](OC(C)=O)[C@@H]1OC(C)=O. The van der Waals surface area contributed by atoms with Crippen molar-refractivity contribution in [3.63, 3.8) is 0 Å². The van der Waals surface area contributed by atoms with Gasteiger partial charge in [0, 0.05) is 84.5 Å². The molecule has 2 aliphatic heterocycles. The van der Waals surface area contributed by atoms with E-state index in [0.29, 0.717) is 33.4 Å². The molecule has 7 atom stereocenters. The number of para-hydroxylation sites is 1. The van der Waals surface area contributed by atoms with E-state index in [0.717, 1.165) is 42.6 Å². The third-order valence-electron chi connectivity index (χ3n) is 10.9. The van der Waals surface area contributed by atoms with E-state index < -0.39 is 66.6 Å². The topological polar surface area (TPSA) is 205 Å². The first-order chi connectivity index (χ1) is 30.1. The first-order valence-corrected chi connectivity index (χ1v) is 20.6. The van der Waals surface area contributed by atoms with Crippen molar-refractivity contribution in [2.75, 3.05) is 23.4 Å². The molecular formula is C46H43ClN4O12. The van der Waals surface area contributed by atoms with Gasteiger partial charge in [-0.2, -0.15) is 0 Å². The Hall–Kier alpha value is -6.91. The van der Waals surface area contributed by atoms with Crippen LogP contribution in [0.3, 0.4) is 0 Å². The normalized spacial score (nSPS) is 21.1. The number of esters is 4. The third kappa shape index (κ3) is 8.77. The second-order valence-electron chi connectivity index (χ2n) is 15.4. The monoisotopic (exact) mass is 878 g/mol. The Morgan fingerprint density at radius 1 is 0.746 bits per heavy atom. The van der Waals surface area contributed by atoms with Crippen LogP contribution in [-0.4, -0.2) is 94.9 Å². The fourth-order valence-corrected chi connectivity index (χ4v) is 8.49. The number of carbonyl (C=O) groups excluding carboxylic acids is 6. The van der Waals surface area contributed by atoms with Crippen LogP contribution in [0.5, 0.6) is 5.75 Å². The summed E-state index contributed by atoms with van der Waals surface area (Å²) in [7, 11) is 0. The summed E-state index contributed by atoms with van der Waals surface area (Å²) in [5.41, 5.74) is 4.00. The lowest BCUT2D eigenvalue weighted by Gasteiger charge is -2.44. The molecule has 3 N–H and O–H groups in total. The van der Waals surface area contributed by atoms with Crippen LogP contribution in [0.2, 0.25) is 0 Å². The van der Waals surface area contributed by atoms with Crippen LogP contribution in [-0.2, 0) is 42.9 Å². The van der Waals surface area contributed by atoms with Crippen molar-refractivity contribution >= 4 is 91.2 Å². The van der Waals surface area contributed by atoms with Crippen LogP contribution in [0.1, 0.15) is 67.1 Å². The number of fused-ring (bicyclic) bond motifs is 5. The number of alkyl halides is 1. The number of ether oxygens (including phenoxy) is 6. The maximum Gasteiger partial charge on any atom is 0.303 e. The number of hydrogen-bond donors (Lipinski definition) is 3. The largest absolute Gasteiger partial charge is 0.463 e. The molecule has 4 aromatic carbocycles. The van der Waals surface area contributed by atoms with Gasteiger partial charge in [0.2, 0.25) is 12.4 Å². The van der Waals surface area contributed by atoms with Crippen LogP contribution in [0.15, 0.2) is 84.9 Å². The van der Waals surface area contributed by atoms with Gasteiger partial charge in [-0.1, -0.05) is 42.5 Å². The zero-order chi connectivity index (χ0) is 44.7. The van der Waals surface area contributed by atoms with Gasteiger partial charge >= 0.3 is 23.9 Å². The highest BCUT2D eigenvalue weighted by atomic mass is 35.5. The molecule has 0 bridgehead atoms. The summed E-state index contributed by atoms with van der Waals surface area (Å²) in [6.07, 6.45) is -7.11. The van der Waals surface area contributed by atoms with Gasteiger partial charge in [-0.3, -0.25) is 28.8 Å². The second kappa shape index (κ2) is 17.5. The van der Waals surface area contributed by atoms with Crippen molar-refractivity contribution < 1.29 is 57.2 Å². The van der Waals surface area contributed by atoms with E-state index >= 15 is 0 Å². The Labute approximate surface area is 365 Å². The summed E-state index contributed by atoms with van der Waals surface area (Å²) in [4.78, 5) is 85.1. The number of benzene rings is 4. The quantitative estimate of drug-likeness (QED) is 0.0692. The molecule has 2 aliphatic rings. The molecule has 0 spiro atoms. The van der Waals surface area contributed by atoms with Gasteiger partial charge in [0.15, 0.2) is 12.2 Å². The fourth-order valence-electron chi connectivity index (χ4n) is 8.29. The number of nitrogens with one attached hydrogen (secondary N) is 3. The van der Waals surface area contributed by atoms with Crippen LogP contribution < -0.4 is 15.0 Å². The van der Waals surface area contributed by atoms with Crippen molar-refractivity contribution in [2.24, 2.45) is 0 Å². The maximum absolute atomic E-state index is 14.7. The summed E-state index contributed by atoms with van der Waals surface area (Å²) in [6.45, 7) is 6.22. The van der Waals surface area contributed by atoms with E-state index in [-0.39, 0.29) is 35.7 Å². The van der Waals surface area contributed by atoms with Gasteiger partial charge in [-0.25, -0.2) is 0 Å². The molecule has 4 heterocycles. The summed E-state index contributed by atoms with van der Waals surface area (Å²) >= 11 is 6.86. The van der Waals surface area contributed by atoms with Crippen molar-refractivity contribution in [1.29, 1.82) is 0 Å². The minimum atomic E-state index is -1.53. The standard InChI is InChI=1S/C46H43ClN4O12/c1-22(47)32-20-51(45(57)36-18-28-16-29(14-15-34(28)50-36)48-44(56)35-17-27-10-6-9-13-33(27)49-35)37-19-38(30-11-7-8-12-31(30)40(32)37)62-46-43(61-26(5)55)42(60-25(4)54)41(59-24(3)53)39(63-46)21-58-23(2)52/h6-19,22,32,39,41-43,46,49-50H,20-21H2,1-5H3,(H,48,56)/t22?,32?,39-,41-,42+,43+,46-/m1/s1. The highest BCUT2D eigenvalue weighted by molar-refractivity contribution is 6.22. The smallest absolute Gasteiger partial charge is 0.303 e. The number of rotatable bonds is 11. The number of anilines is 2. The summed E-state index contributed by atoms with van der Waals surface area (Å²) in [5.74, 6) is -3.82. The van der Waals surface area contributed by atoms with Gasteiger partial charge in [-0.15, -0.1) is 11.6 Å². The molecule has 2 aromatic heterocycles. The Balaban J connectivity index is 1.14. The Kier molecular flexibility index (Phi) is 11.9. The van der Waals surface area contributed by atoms with Gasteiger partial charge in [0.1, 0.15) is 29.8 Å². The average molecular weight is 879 g/mol. The zero-order valence-electron chi connectivity index (χ0n) is 34.8. The molecule has 0 saturated carbocycles. The molecule has 326 valence electrons. The summed E-state index contributed by atoms with van der Waals surface area (Å²) in [6, 6.07) is 25.4. The molecule has 1 fully saturated rings. The highest BCUT2D eigenvalue weighted by Crippen LogP contribution is 2.48. The van der Waals surface area contributed by atoms with Crippen LogP contribution in [0.25, 0.3) is 32.6 Å². The van der Waals surface area contributed by atoms with Crippen LogP contribution in [0.4, 0.5) is 11.4 Å². The van der Waals surface area contributed by atoms with Crippen molar-refractivity contribution in [1.82, 2.24) is 9.97 Å². The lowest BCUT2D eigenvalue weighted by Crippen LogP contribution is -2.63. The molecule has 63 heavy (non-hydrogen) atoms. The molecule has 2 amide bonds. The molecule has 0 radical (unpaired) electrons. The molecule has 6 aromatic rings. The summed E-state index contributed by atoms with van der Waals surface area (Å²) in [5, 5.41) is 5.42. The molecule has 1 saturated heterocycles. The number of aromatic amines is 2. The zero-order valence-corrected chi connectivity index (χ0v) is 35.5. The molecule has 2 unspecified atom stereocenters. The van der Waals surface area contributed by atoms with Crippen LogP contribution >= 0.6 is 11.6 Å². The Bertz CT molecular complexity index is 2760. The van der Waals surface area contributed by atoms with Gasteiger partial charge in [0.05, 0.1) is 5.69 Å². The Morgan fingerprint density at radius 3 is 2.08 bits per heavy atom. The number of H-pyrrole nitrogens is 2. The van der Waals surface area contributed by atoms with E-state index in [1.807, 2.05) is 49.4 Å². The lowest BCUT2D eigenvalue weighted by atomic mass is 9.92. The van der Waals surface area contributed by atoms with Crippen molar-refractivity contribution in [3.05, 3.63) is 102 Å².